The largest absolute Gasteiger partial charge is 0.371 e. The highest BCUT2D eigenvalue weighted by Gasteiger charge is 2.16. The molecule has 0 aliphatic carbocycles. The molecule has 0 radical (unpaired) electrons. The summed E-state index contributed by atoms with van der Waals surface area (Å²) in [6, 6.07) is 8.97. The zero-order valence-corrected chi connectivity index (χ0v) is 13.9. The van der Waals surface area contributed by atoms with E-state index in [9.17, 15) is 0 Å². The Hall–Kier alpha value is -1.02. The maximum Gasteiger partial charge on any atom is 0.0398 e. The molecule has 2 heteroatoms. The summed E-state index contributed by atoms with van der Waals surface area (Å²) in [4.78, 5) is 2.61. The lowest BCUT2D eigenvalue weighted by molar-refractivity contribution is 0.334. The van der Waals surface area contributed by atoms with Crippen molar-refractivity contribution in [1.29, 1.82) is 0 Å². The molecular formula is C19H32N2. The number of anilines is 1. The van der Waals surface area contributed by atoms with Crippen LogP contribution in [0, 0.1) is 11.8 Å². The number of aryl methyl sites for hydroxylation is 1. The topological polar surface area (TPSA) is 29.3 Å². The molecule has 1 atom stereocenters. The normalized spacial score (nSPS) is 16.7. The van der Waals surface area contributed by atoms with Crippen molar-refractivity contribution in [3.8, 4) is 0 Å². The second-order valence-corrected chi connectivity index (χ2v) is 6.80. The molecule has 2 nitrogen and oxygen atoms in total. The van der Waals surface area contributed by atoms with Gasteiger partial charge < -0.3 is 10.6 Å². The van der Waals surface area contributed by atoms with Gasteiger partial charge in [0.1, 0.15) is 0 Å². The second-order valence-electron chi connectivity index (χ2n) is 6.80. The first-order valence-corrected chi connectivity index (χ1v) is 8.75. The van der Waals surface area contributed by atoms with Gasteiger partial charge in [0.2, 0.25) is 0 Å². The first-order valence-electron chi connectivity index (χ1n) is 8.75. The molecule has 0 spiro atoms. The van der Waals surface area contributed by atoms with Gasteiger partial charge in [-0.25, -0.2) is 0 Å². The molecule has 1 heterocycles. The number of hydrogen-bond acceptors (Lipinski definition) is 2. The fourth-order valence-corrected chi connectivity index (χ4v) is 3.57. The van der Waals surface area contributed by atoms with Gasteiger partial charge in [-0.2, -0.15) is 0 Å². The second kappa shape index (κ2) is 8.43. The van der Waals surface area contributed by atoms with E-state index in [4.69, 9.17) is 5.73 Å². The molecule has 1 aromatic rings. The van der Waals surface area contributed by atoms with Crippen LogP contribution in [0.3, 0.4) is 0 Å². The molecule has 2 N–H and O–H groups in total. The van der Waals surface area contributed by atoms with Crippen LogP contribution in [-0.4, -0.2) is 19.6 Å². The van der Waals surface area contributed by atoms with Crippen LogP contribution in [0.1, 0.15) is 51.5 Å². The maximum atomic E-state index is 5.76. The SMILES string of the molecule is CC(C)C(CCN)CCCN1CCCCc2ccccc21. The number of benzene rings is 1. The van der Waals surface area contributed by atoms with Crippen LogP contribution >= 0.6 is 0 Å². The minimum atomic E-state index is 0.755. The Balaban J connectivity index is 1.90. The lowest BCUT2D eigenvalue weighted by Crippen LogP contribution is -2.26. The Kier molecular flexibility index (Phi) is 6.56. The third-order valence-corrected chi connectivity index (χ3v) is 4.94. The van der Waals surface area contributed by atoms with Gasteiger partial charge in [-0.05, 0) is 68.5 Å². The Morgan fingerprint density at radius 1 is 1.14 bits per heavy atom. The van der Waals surface area contributed by atoms with Crippen molar-refractivity contribution in [2.75, 3.05) is 24.5 Å². The van der Waals surface area contributed by atoms with Gasteiger partial charge in [-0.1, -0.05) is 32.0 Å². The summed E-state index contributed by atoms with van der Waals surface area (Å²) in [6.45, 7) is 7.92. The van der Waals surface area contributed by atoms with E-state index in [1.807, 2.05) is 0 Å². The summed E-state index contributed by atoms with van der Waals surface area (Å²) in [6.07, 6.45) is 7.67. The van der Waals surface area contributed by atoms with Gasteiger partial charge >= 0.3 is 0 Å². The summed E-state index contributed by atoms with van der Waals surface area (Å²) in [5.41, 5.74) is 8.78. The molecule has 0 bridgehead atoms. The first-order chi connectivity index (χ1) is 10.2. The molecule has 21 heavy (non-hydrogen) atoms. The van der Waals surface area contributed by atoms with Crippen molar-refractivity contribution in [2.45, 2.75) is 52.4 Å². The minimum Gasteiger partial charge on any atom is -0.371 e. The summed E-state index contributed by atoms with van der Waals surface area (Å²) >= 11 is 0. The lowest BCUT2D eigenvalue weighted by atomic mass is 9.88. The molecule has 0 amide bonds. The molecule has 1 aliphatic heterocycles. The van der Waals surface area contributed by atoms with Gasteiger partial charge in [-0.15, -0.1) is 0 Å². The van der Waals surface area contributed by atoms with Crippen LogP contribution in [-0.2, 0) is 6.42 Å². The van der Waals surface area contributed by atoms with Gasteiger partial charge in [0, 0.05) is 18.8 Å². The van der Waals surface area contributed by atoms with Crippen LogP contribution in [0.2, 0.25) is 0 Å². The molecule has 1 aliphatic rings. The van der Waals surface area contributed by atoms with Crippen LogP contribution in [0.4, 0.5) is 5.69 Å². The zero-order valence-electron chi connectivity index (χ0n) is 13.9. The number of para-hydroxylation sites is 1. The average Bonchev–Trinajstić information content (AvgIpc) is 2.69. The zero-order chi connectivity index (χ0) is 15.1. The van der Waals surface area contributed by atoms with Crippen molar-refractivity contribution >= 4 is 5.69 Å². The van der Waals surface area contributed by atoms with E-state index in [1.165, 1.54) is 62.9 Å². The fourth-order valence-electron chi connectivity index (χ4n) is 3.57. The fraction of sp³-hybridized carbons (Fsp3) is 0.684. The summed E-state index contributed by atoms with van der Waals surface area (Å²) < 4.78 is 0. The Bertz CT molecular complexity index is 414. The number of rotatable bonds is 7. The highest BCUT2D eigenvalue weighted by molar-refractivity contribution is 5.54. The quantitative estimate of drug-likeness (QED) is 0.813. The van der Waals surface area contributed by atoms with Crippen LogP contribution in [0.5, 0.6) is 0 Å². The Morgan fingerprint density at radius 3 is 2.71 bits per heavy atom. The van der Waals surface area contributed by atoms with E-state index in [2.05, 4.69) is 43.0 Å². The monoisotopic (exact) mass is 288 g/mol. The molecule has 0 saturated carbocycles. The minimum absolute atomic E-state index is 0.755. The summed E-state index contributed by atoms with van der Waals surface area (Å²) in [7, 11) is 0. The highest BCUT2D eigenvalue weighted by Crippen LogP contribution is 2.27. The predicted octanol–water partition coefficient (Wildman–Crippen LogP) is 4.23. The first kappa shape index (κ1) is 16.4. The lowest BCUT2D eigenvalue weighted by Gasteiger charge is -2.27. The Labute approximate surface area is 130 Å². The highest BCUT2D eigenvalue weighted by atomic mass is 15.1. The molecule has 1 unspecified atom stereocenters. The van der Waals surface area contributed by atoms with E-state index in [-0.39, 0.29) is 0 Å². The standard InChI is InChI=1S/C19H32N2/c1-16(2)17(12-13-20)10-7-15-21-14-6-5-9-18-8-3-4-11-19(18)21/h3-4,8,11,16-17H,5-7,9-10,12-15,20H2,1-2H3. The van der Waals surface area contributed by atoms with Crippen molar-refractivity contribution in [2.24, 2.45) is 17.6 Å². The van der Waals surface area contributed by atoms with E-state index in [1.54, 1.807) is 0 Å². The van der Waals surface area contributed by atoms with Crippen LogP contribution < -0.4 is 10.6 Å². The molecule has 1 aromatic carbocycles. The van der Waals surface area contributed by atoms with Crippen molar-refractivity contribution < 1.29 is 0 Å². The van der Waals surface area contributed by atoms with E-state index in [0.29, 0.717) is 0 Å². The van der Waals surface area contributed by atoms with Gasteiger partial charge in [0.25, 0.3) is 0 Å². The maximum absolute atomic E-state index is 5.76. The number of nitrogens with two attached hydrogens (primary N) is 1. The molecule has 0 saturated heterocycles. The van der Waals surface area contributed by atoms with Crippen LogP contribution in [0.25, 0.3) is 0 Å². The molecular weight excluding hydrogens is 256 g/mol. The number of fused-ring (bicyclic) bond motifs is 1. The van der Waals surface area contributed by atoms with Gasteiger partial charge in [0.05, 0.1) is 0 Å². The number of nitrogens with zero attached hydrogens (tertiary/aromatic N) is 1. The Morgan fingerprint density at radius 2 is 1.95 bits per heavy atom. The van der Waals surface area contributed by atoms with E-state index >= 15 is 0 Å². The third kappa shape index (κ3) is 4.74. The smallest absolute Gasteiger partial charge is 0.0398 e. The summed E-state index contributed by atoms with van der Waals surface area (Å²) in [5.74, 6) is 1.54. The average molecular weight is 288 g/mol. The molecule has 0 fully saturated rings. The third-order valence-electron chi connectivity index (χ3n) is 4.94. The van der Waals surface area contributed by atoms with Crippen molar-refractivity contribution in [1.82, 2.24) is 0 Å². The van der Waals surface area contributed by atoms with E-state index in [0.717, 1.165) is 18.4 Å². The van der Waals surface area contributed by atoms with E-state index < -0.39 is 0 Å². The predicted molar refractivity (Wildman–Crippen MR) is 92.8 cm³/mol. The molecule has 0 aromatic heterocycles. The van der Waals surface area contributed by atoms with Crippen molar-refractivity contribution in [3.63, 3.8) is 0 Å². The number of hydrogen-bond donors (Lipinski definition) is 1. The molecule has 2 rings (SSSR count). The van der Waals surface area contributed by atoms with Gasteiger partial charge in [0.15, 0.2) is 0 Å². The summed E-state index contributed by atoms with van der Waals surface area (Å²) in [5, 5.41) is 0. The molecule has 118 valence electrons. The van der Waals surface area contributed by atoms with Gasteiger partial charge in [-0.3, -0.25) is 0 Å². The van der Waals surface area contributed by atoms with Crippen molar-refractivity contribution in [3.05, 3.63) is 29.8 Å². The van der Waals surface area contributed by atoms with Crippen LogP contribution in [0.15, 0.2) is 24.3 Å².